The number of piperidine rings is 1. The molecule has 0 spiro atoms. The van der Waals surface area contributed by atoms with Gasteiger partial charge in [-0.15, -0.1) is 0 Å². The van der Waals surface area contributed by atoms with Crippen molar-refractivity contribution in [1.29, 1.82) is 0 Å². The summed E-state index contributed by atoms with van der Waals surface area (Å²) in [7, 11) is 1.23. The minimum atomic E-state index is -1.33. The van der Waals surface area contributed by atoms with Crippen molar-refractivity contribution in [3.05, 3.63) is 35.9 Å². The Labute approximate surface area is 175 Å². The summed E-state index contributed by atoms with van der Waals surface area (Å²) in [5.41, 5.74) is -0.459. The van der Waals surface area contributed by atoms with E-state index >= 15 is 0 Å². The van der Waals surface area contributed by atoms with Crippen LogP contribution in [0.5, 0.6) is 0 Å². The Morgan fingerprint density at radius 2 is 1.87 bits per heavy atom. The number of amides is 2. The first-order valence-corrected chi connectivity index (χ1v) is 9.83. The number of ether oxygens (including phenoxy) is 3. The molecule has 1 saturated heterocycles. The van der Waals surface area contributed by atoms with E-state index in [0.717, 1.165) is 5.56 Å². The molecule has 1 aliphatic rings. The number of benzene rings is 1. The lowest BCUT2D eigenvalue weighted by atomic mass is 9.83. The molecule has 0 radical (unpaired) electrons. The molecule has 30 heavy (non-hydrogen) atoms. The van der Waals surface area contributed by atoms with E-state index in [1.165, 1.54) is 12.0 Å². The van der Waals surface area contributed by atoms with Crippen LogP contribution in [0.3, 0.4) is 0 Å². The number of hydrogen-bond donors (Lipinski definition) is 1. The van der Waals surface area contributed by atoms with Crippen molar-refractivity contribution in [3.8, 4) is 0 Å². The van der Waals surface area contributed by atoms with Crippen LogP contribution in [0.25, 0.3) is 0 Å². The molecule has 0 saturated carbocycles. The van der Waals surface area contributed by atoms with Crippen molar-refractivity contribution >= 4 is 23.9 Å². The first-order chi connectivity index (χ1) is 14.3. The summed E-state index contributed by atoms with van der Waals surface area (Å²) in [5.74, 6) is -1.93. The highest BCUT2D eigenvalue weighted by atomic mass is 16.6. The molecule has 2 rings (SSSR count). The van der Waals surface area contributed by atoms with Crippen molar-refractivity contribution < 1.29 is 33.4 Å². The van der Waals surface area contributed by atoms with E-state index in [1.54, 1.807) is 13.8 Å². The summed E-state index contributed by atoms with van der Waals surface area (Å²) in [6, 6.07) is 8.90. The van der Waals surface area contributed by atoms with Gasteiger partial charge in [-0.1, -0.05) is 30.3 Å². The largest absolute Gasteiger partial charge is 0.467 e. The van der Waals surface area contributed by atoms with Gasteiger partial charge in [0.2, 0.25) is 5.91 Å². The second-order valence-electron chi connectivity index (χ2n) is 7.14. The zero-order chi connectivity index (χ0) is 22.1. The lowest BCUT2D eigenvalue weighted by Crippen LogP contribution is -2.63. The van der Waals surface area contributed by atoms with Crippen LogP contribution in [0.15, 0.2) is 30.3 Å². The Morgan fingerprint density at radius 1 is 1.17 bits per heavy atom. The average molecular weight is 420 g/mol. The molecule has 1 aromatic carbocycles. The lowest BCUT2D eigenvalue weighted by molar-refractivity contribution is -0.156. The van der Waals surface area contributed by atoms with Crippen molar-refractivity contribution in [1.82, 2.24) is 10.2 Å². The molecule has 1 heterocycles. The van der Waals surface area contributed by atoms with Gasteiger partial charge in [0.25, 0.3) is 0 Å². The lowest BCUT2D eigenvalue weighted by Gasteiger charge is -2.43. The molecule has 9 nitrogen and oxygen atoms in total. The van der Waals surface area contributed by atoms with Gasteiger partial charge in [-0.2, -0.15) is 0 Å². The smallest absolute Gasteiger partial charge is 0.410 e. The maximum Gasteiger partial charge on any atom is 0.410 e. The molecule has 2 atom stereocenters. The van der Waals surface area contributed by atoms with E-state index in [2.05, 4.69) is 5.32 Å². The molecule has 9 heteroatoms. The molecule has 0 unspecified atom stereocenters. The monoisotopic (exact) mass is 420 g/mol. The highest BCUT2D eigenvalue weighted by Gasteiger charge is 2.47. The van der Waals surface area contributed by atoms with Crippen LogP contribution in [0.1, 0.15) is 38.7 Å². The first-order valence-electron chi connectivity index (χ1n) is 9.83. The van der Waals surface area contributed by atoms with E-state index in [4.69, 9.17) is 14.2 Å². The Morgan fingerprint density at radius 3 is 2.47 bits per heavy atom. The first kappa shape index (κ1) is 23.2. The molecule has 164 valence electrons. The number of esters is 2. The summed E-state index contributed by atoms with van der Waals surface area (Å²) in [6.45, 7) is 3.88. The average Bonchev–Trinajstić information content (AvgIpc) is 2.72. The minimum Gasteiger partial charge on any atom is -0.467 e. The standard InChI is InChI=1S/C21H28N2O7/c1-4-29-18(25)12-17(24)22-21(19(26)28-3)10-11-23(15(2)13-21)20(27)30-14-16-8-6-5-7-9-16/h5-9,15H,4,10-14H2,1-3H3,(H,22,24)/t15-,21+/m0/s1. The number of hydrogen-bond acceptors (Lipinski definition) is 7. The maximum atomic E-state index is 12.5. The minimum absolute atomic E-state index is 0.134. The van der Waals surface area contributed by atoms with Crippen molar-refractivity contribution in [2.24, 2.45) is 0 Å². The normalized spacial score (nSPS) is 20.8. The van der Waals surface area contributed by atoms with Crippen LogP contribution in [0.2, 0.25) is 0 Å². The number of carbonyl (C=O) groups is 4. The van der Waals surface area contributed by atoms with Crippen LogP contribution >= 0.6 is 0 Å². The Kier molecular flexibility index (Phi) is 8.20. The van der Waals surface area contributed by atoms with E-state index in [9.17, 15) is 19.2 Å². The second-order valence-corrected chi connectivity index (χ2v) is 7.14. The van der Waals surface area contributed by atoms with E-state index in [-0.39, 0.29) is 32.6 Å². The quantitative estimate of drug-likeness (QED) is 0.407. The van der Waals surface area contributed by atoms with Gasteiger partial charge in [0.1, 0.15) is 18.6 Å². The van der Waals surface area contributed by atoms with Gasteiger partial charge in [-0.25, -0.2) is 9.59 Å². The highest BCUT2D eigenvalue weighted by molar-refractivity contribution is 5.97. The number of nitrogens with one attached hydrogen (secondary N) is 1. The van der Waals surface area contributed by atoms with Gasteiger partial charge >= 0.3 is 18.0 Å². The van der Waals surface area contributed by atoms with Gasteiger partial charge in [0, 0.05) is 19.0 Å². The van der Waals surface area contributed by atoms with E-state index < -0.39 is 41.9 Å². The molecule has 1 aromatic rings. The summed E-state index contributed by atoms with van der Waals surface area (Å²) < 4.78 is 15.0. The van der Waals surface area contributed by atoms with Crippen molar-refractivity contribution in [2.45, 2.75) is 51.3 Å². The summed E-state index contributed by atoms with van der Waals surface area (Å²) in [5, 5.41) is 2.63. The second kappa shape index (κ2) is 10.6. The fraction of sp³-hybridized carbons (Fsp3) is 0.524. The van der Waals surface area contributed by atoms with Crippen LogP contribution < -0.4 is 5.32 Å². The number of nitrogens with zero attached hydrogens (tertiary/aromatic N) is 1. The maximum absolute atomic E-state index is 12.5. The van der Waals surface area contributed by atoms with Crippen LogP contribution in [0.4, 0.5) is 4.79 Å². The molecule has 1 N–H and O–H groups in total. The van der Waals surface area contributed by atoms with Gasteiger partial charge in [-0.3, -0.25) is 9.59 Å². The van der Waals surface area contributed by atoms with Gasteiger partial charge < -0.3 is 24.4 Å². The topological polar surface area (TPSA) is 111 Å². The molecule has 0 aromatic heterocycles. The van der Waals surface area contributed by atoms with Crippen molar-refractivity contribution in [2.75, 3.05) is 20.3 Å². The predicted molar refractivity (Wildman–Crippen MR) is 106 cm³/mol. The molecule has 2 amide bonds. The van der Waals surface area contributed by atoms with Crippen LogP contribution in [-0.4, -0.2) is 60.7 Å². The van der Waals surface area contributed by atoms with Gasteiger partial charge in [-0.05, 0) is 25.8 Å². The third kappa shape index (κ3) is 5.95. The number of carbonyl (C=O) groups excluding carboxylic acids is 4. The predicted octanol–water partition coefficient (Wildman–Crippen LogP) is 1.79. The van der Waals surface area contributed by atoms with Crippen LogP contribution in [-0.2, 0) is 35.2 Å². The number of likely N-dealkylation sites (tertiary alicyclic amines) is 1. The van der Waals surface area contributed by atoms with Gasteiger partial charge in [0.15, 0.2) is 0 Å². The van der Waals surface area contributed by atoms with Gasteiger partial charge in [0.05, 0.1) is 13.7 Å². The Bertz CT molecular complexity index is 768. The Balaban J connectivity index is 2.01. The third-order valence-electron chi connectivity index (χ3n) is 4.96. The molecule has 0 aliphatic carbocycles. The Hall–Kier alpha value is -3.10. The summed E-state index contributed by atoms with van der Waals surface area (Å²) >= 11 is 0. The molecule has 1 fully saturated rings. The molecular formula is C21H28N2O7. The summed E-state index contributed by atoms with van der Waals surface area (Å²) in [6.07, 6.45) is -0.722. The number of methoxy groups -OCH3 is 1. The van der Waals surface area contributed by atoms with Crippen molar-refractivity contribution in [3.63, 3.8) is 0 Å². The number of rotatable bonds is 7. The van der Waals surface area contributed by atoms with E-state index in [1.807, 2.05) is 30.3 Å². The third-order valence-corrected chi connectivity index (χ3v) is 4.96. The van der Waals surface area contributed by atoms with Crippen LogP contribution in [0, 0.1) is 0 Å². The SMILES string of the molecule is CCOC(=O)CC(=O)N[C@]1(C(=O)OC)CCN(C(=O)OCc2ccccc2)[C@@H](C)C1. The molecule has 1 aliphatic heterocycles. The molecule has 0 bridgehead atoms. The fourth-order valence-corrected chi connectivity index (χ4v) is 3.52. The fourth-order valence-electron chi connectivity index (χ4n) is 3.52. The summed E-state index contributed by atoms with van der Waals surface area (Å²) in [4.78, 5) is 50.4. The zero-order valence-electron chi connectivity index (χ0n) is 17.5. The molecular weight excluding hydrogens is 392 g/mol. The highest BCUT2D eigenvalue weighted by Crippen LogP contribution is 2.29. The zero-order valence-corrected chi connectivity index (χ0v) is 17.5. The van der Waals surface area contributed by atoms with E-state index in [0.29, 0.717) is 0 Å².